The highest BCUT2D eigenvalue weighted by Gasteiger charge is 2.53. The number of hydrogen-bond donors (Lipinski definition) is 0. The fraction of sp³-hybridized carbons (Fsp3) is 0.542. The summed E-state index contributed by atoms with van der Waals surface area (Å²) in [6, 6.07) is 13.3. The number of anilines is 1. The Morgan fingerprint density at radius 2 is 1.90 bits per heavy atom. The van der Waals surface area contributed by atoms with Crippen LogP contribution in [0.25, 0.3) is 0 Å². The van der Waals surface area contributed by atoms with Crippen molar-refractivity contribution in [3.8, 4) is 5.88 Å². The lowest BCUT2D eigenvalue weighted by molar-refractivity contribution is 0.226. The Morgan fingerprint density at radius 1 is 1.10 bits per heavy atom. The molecule has 0 unspecified atom stereocenters. The topological polar surface area (TPSA) is 31.8 Å². The predicted octanol–water partition coefficient (Wildman–Crippen LogP) is 4.09. The van der Waals surface area contributed by atoms with Gasteiger partial charge < -0.3 is 9.64 Å². The van der Waals surface area contributed by atoms with Gasteiger partial charge in [-0.15, -0.1) is 11.8 Å². The van der Waals surface area contributed by atoms with Crippen LogP contribution < -0.4 is 9.64 Å². The molecule has 1 aromatic heterocycles. The molecule has 1 aliphatic carbocycles. The third-order valence-corrected chi connectivity index (χ3v) is 7.53. The number of pyridine rings is 1. The highest BCUT2D eigenvalue weighted by atomic mass is 32.2. The normalized spacial score (nSPS) is 20.9. The molecular formula is C24H32N4OS. The van der Waals surface area contributed by atoms with Crippen LogP contribution in [0.15, 0.2) is 47.5 Å². The van der Waals surface area contributed by atoms with E-state index in [1.54, 1.807) is 11.8 Å². The van der Waals surface area contributed by atoms with Crippen molar-refractivity contribution >= 4 is 17.4 Å². The molecule has 30 heavy (non-hydrogen) atoms. The summed E-state index contributed by atoms with van der Waals surface area (Å²) < 4.78 is 5.97. The molecule has 2 aromatic rings. The Bertz CT molecular complexity index is 849. The van der Waals surface area contributed by atoms with Gasteiger partial charge in [-0.05, 0) is 80.9 Å². The number of hydrogen-bond acceptors (Lipinski definition) is 6. The Labute approximate surface area is 184 Å². The first-order valence-electron chi connectivity index (χ1n) is 11.2. The van der Waals surface area contributed by atoms with E-state index in [0.717, 1.165) is 38.8 Å². The van der Waals surface area contributed by atoms with Crippen LogP contribution in [0.1, 0.15) is 31.2 Å². The molecule has 3 aliphatic rings. The monoisotopic (exact) mass is 424 g/mol. The molecule has 6 heteroatoms. The third kappa shape index (κ3) is 4.46. The van der Waals surface area contributed by atoms with E-state index in [1.807, 2.05) is 6.20 Å². The first-order valence-corrected chi connectivity index (χ1v) is 12.4. The standard InChI is InChI=1S/C24H32N4OS/c1-30-22-6-4-21(5-7-22)27-18-24(9-10-24)28(19-27)17-20-8-11-25-23(16-20)29-15-14-26-12-2-3-13-26/h4-8,11,16H,2-3,9-10,12-15,17-19H2,1H3. The van der Waals surface area contributed by atoms with Crippen LogP contribution in [0.5, 0.6) is 5.88 Å². The zero-order chi connectivity index (χ0) is 20.4. The SMILES string of the molecule is CSc1ccc(N2CN(Cc3ccnc(OCCN4CCCC4)c3)C3(CC3)C2)cc1. The number of benzene rings is 1. The Morgan fingerprint density at radius 3 is 2.63 bits per heavy atom. The van der Waals surface area contributed by atoms with Gasteiger partial charge in [0.15, 0.2) is 0 Å². The maximum Gasteiger partial charge on any atom is 0.213 e. The van der Waals surface area contributed by atoms with E-state index in [-0.39, 0.29) is 0 Å². The van der Waals surface area contributed by atoms with Crippen LogP contribution >= 0.6 is 11.8 Å². The van der Waals surface area contributed by atoms with Crippen molar-refractivity contribution in [2.24, 2.45) is 0 Å². The average Bonchev–Trinajstić information content (AvgIpc) is 3.20. The predicted molar refractivity (Wildman–Crippen MR) is 123 cm³/mol. The molecule has 0 radical (unpaired) electrons. The van der Waals surface area contributed by atoms with Crippen LogP contribution in [-0.4, -0.2) is 66.0 Å². The van der Waals surface area contributed by atoms with Gasteiger partial charge in [-0.2, -0.15) is 0 Å². The van der Waals surface area contributed by atoms with Gasteiger partial charge in [0.2, 0.25) is 5.88 Å². The highest BCUT2D eigenvalue weighted by molar-refractivity contribution is 7.98. The van der Waals surface area contributed by atoms with Crippen LogP contribution in [0, 0.1) is 0 Å². The molecule has 3 heterocycles. The van der Waals surface area contributed by atoms with Crippen molar-refractivity contribution in [1.82, 2.24) is 14.8 Å². The lowest BCUT2D eigenvalue weighted by atomic mass is 10.2. The first kappa shape index (κ1) is 20.2. The van der Waals surface area contributed by atoms with Gasteiger partial charge in [-0.3, -0.25) is 9.80 Å². The lowest BCUT2D eigenvalue weighted by Crippen LogP contribution is -2.32. The van der Waals surface area contributed by atoms with Gasteiger partial charge >= 0.3 is 0 Å². The van der Waals surface area contributed by atoms with Crippen molar-refractivity contribution in [2.45, 2.75) is 42.7 Å². The zero-order valence-corrected chi connectivity index (χ0v) is 18.7. The van der Waals surface area contributed by atoms with Crippen molar-refractivity contribution in [3.63, 3.8) is 0 Å². The minimum Gasteiger partial charge on any atom is -0.476 e. The number of nitrogens with zero attached hydrogens (tertiary/aromatic N) is 4. The van der Waals surface area contributed by atoms with Crippen LogP contribution in [-0.2, 0) is 6.54 Å². The molecule has 1 saturated carbocycles. The summed E-state index contributed by atoms with van der Waals surface area (Å²) in [5.74, 6) is 0.764. The average molecular weight is 425 g/mol. The minimum atomic E-state index is 0.359. The molecule has 0 atom stereocenters. The molecule has 5 nitrogen and oxygen atoms in total. The van der Waals surface area contributed by atoms with Crippen molar-refractivity contribution in [1.29, 1.82) is 0 Å². The van der Waals surface area contributed by atoms with Crippen LogP contribution in [0.3, 0.4) is 0 Å². The van der Waals surface area contributed by atoms with E-state index < -0.39 is 0 Å². The van der Waals surface area contributed by atoms with Gasteiger partial charge in [0.1, 0.15) is 6.61 Å². The second kappa shape index (κ2) is 8.77. The van der Waals surface area contributed by atoms with Gasteiger partial charge in [0, 0.05) is 48.0 Å². The van der Waals surface area contributed by atoms with Gasteiger partial charge in [0.05, 0.1) is 6.67 Å². The molecule has 2 saturated heterocycles. The quantitative estimate of drug-likeness (QED) is 0.594. The number of thioether (sulfide) groups is 1. The Balaban J connectivity index is 1.19. The third-order valence-electron chi connectivity index (χ3n) is 6.79. The van der Waals surface area contributed by atoms with Gasteiger partial charge in [0.25, 0.3) is 0 Å². The zero-order valence-electron chi connectivity index (χ0n) is 17.9. The summed E-state index contributed by atoms with van der Waals surface area (Å²) >= 11 is 1.80. The minimum absolute atomic E-state index is 0.359. The Kier molecular flexibility index (Phi) is 5.89. The molecule has 0 bridgehead atoms. The fourth-order valence-corrected chi connectivity index (χ4v) is 5.21. The highest BCUT2D eigenvalue weighted by Crippen LogP contribution is 2.47. The van der Waals surface area contributed by atoms with Crippen LogP contribution in [0.4, 0.5) is 5.69 Å². The van der Waals surface area contributed by atoms with E-state index in [1.165, 1.54) is 54.9 Å². The van der Waals surface area contributed by atoms with E-state index >= 15 is 0 Å². The molecular weight excluding hydrogens is 392 g/mol. The van der Waals surface area contributed by atoms with Gasteiger partial charge in [-0.25, -0.2) is 4.98 Å². The molecule has 1 aromatic carbocycles. The summed E-state index contributed by atoms with van der Waals surface area (Å²) in [7, 11) is 0. The number of aromatic nitrogens is 1. The summed E-state index contributed by atoms with van der Waals surface area (Å²) in [6.07, 6.45) is 9.28. The van der Waals surface area contributed by atoms with E-state index in [4.69, 9.17) is 4.74 Å². The molecule has 0 amide bonds. The molecule has 2 aliphatic heterocycles. The summed E-state index contributed by atoms with van der Waals surface area (Å²) in [4.78, 5) is 13.4. The largest absolute Gasteiger partial charge is 0.476 e. The molecule has 1 spiro atoms. The summed E-state index contributed by atoms with van der Waals surface area (Å²) in [6.45, 7) is 7.25. The smallest absolute Gasteiger partial charge is 0.213 e. The molecule has 160 valence electrons. The number of rotatable bonds is 8. The maximum absolute atomic E-state index is 5.97. The van der Waals surface area contributed by atoms with Crippen molar-refractivity contribution in [3.05, 3.63) is 48.2 Å². The van der Waals surface area contributed by atoms with Crippen LogP contribution in [0.2, 0.25) is 0 Å². The van der Waals surface area contributed by atoms with E-state index in [0.29, 0.717) is 5.54 Å². The van der Waals surface area contributed by atoms with E-state index in [9.17, 15) is 0 Å². The maximum atomic E-state index is 5.97. The molecule has 3 fully saturated rings. The fourth-order valence-electron chi connectivity index (χ4n) is 4.80. The Hall–Kier alpha value is -1.76. The number of ether oxygens (including phenoxy) is 1. The second-order valence-corrected chi connectivity index (χ2v) is 9.74. The summed E-state index contributed by atoms with van der Waals surface area (Å²) in [5, 5.41) is 0. The second-order valence-electron chi connectivity index (χ2n) is 8.86. The van der Waals surface area contributed by atoms with Crippen molar-refractivity contribution < 1.29 is 4.74 Å². The first-order chi connectivity index (χ1) is 14.7. The van der Waals surface area contributed by atoms with Crippen molar-refractivity contribution in [2.75, 3.05) is 50.6 Å². The lowest BCUT2D eigenvalue weighted by Gasteiger charge is -2.23. The van der Waals surface area contributed by atoms with E-state index in [2.05, 4.69) is 62.3 Å². The summed E-state index contributed by atoms with van der Waals surface area (Å²) in [5.41, 5.74) is 2.99. The molecule has 0 N–H and O–H groups in total. The number of likely N-dealkylation sites (tertiary alicyclic amines) is 1. The molecule has 5 rings (SSSR count). The van der Waals surface area contributed by atoms with Gasteiger partial charge in [-0.1, -0.05) is 0 Å².